The van der Waals surface area contributed by atoms with Gasteiger partial charge >= 0.3 is 5.97 Å². The molecule has 160 valence electrons. The van der Waals surface area contributed by atoms with Gasteiger partial charge in [0.25, 0.3) is 0 Å². The van der Waals surface area contributed by atoms with Crippen LogP contribution in [0.4, 0.5) is 0 Å². The summed E-state index contributed by atoms with van der Waals surface area (Å²) in [7, 11) is 0. The van der Waals surface area contributed by atoms with Crippen LogP contribution in [0, 0.1) is 5.92 Å². The monoisotopic (exact) mass is 389 g/mol. The molecule has 0 aliphatic rings. The fourth-order valence-electron chi connectivity index (χ4n) is 3.49. The Morgan fingerprint density at radius 1 is 0.857 bits per heavy atom. The Balaban J connectivity index is 1.76. The molecule has 0 fully saturated rings. The molecule has 0 saturated heterocycles. The number of nitrogens with zero attached hydrogens (tertiary/aromatic N) is 1. The van der Waals surface area contributed by atoms with Gasteiger partial charge < -0.3 is 4.74 Å². The Labute approximate surface area is 173 Å². The third kappa shape index (κ3) is 15.7. The van der Waals surface area contributed by atoms with Crippen LogP contribution in [0.5, 0.6) is 0 Å². The molecule has 1 rings (SSSR count). The van der Waals surface area contributed by atoms with E-state index < -0.39 is 0 Å². The highest BCUT2D eigenvalue weighted by Crippen LogP contribution is 2.14. The molecule has 1 aromatic rings. The van der Waals surface area contributed by atoms with Gasteiger partial charge in [-0.1, -0.05) is 103 Å². The van der Waals surface area contributed by atoms with Crippen LogP contribution < -0.4 is 0 Å². The quantitative estimate of drug-likeness (QED) is 0.191. The summed E-state index contributed by atoms with van der Waals surface area (Å²) in [6.07, 6.45) is 22.7. The van der Waals surface area contributed by atoms with E-state index in [9.17, 15) is 4.79 Å². The van der Waals surface area contributed by atoms with E-state index in [2.05, 4.69) is 18.8 Å². The Morgan fingerprint density at radius 3 is 1.89 bits per heavy atom. The minimum absolute atomic E-state index is 0.0898. The third-order valence-electron chi connectivity index (χ3n) is 5.28. The summed E-state index contributed by atoms with van der Waals surface area (Å²) in [5.74, 6) is 0.777. The van der Waals surface area contributed by atoms with Gasteiger partial charge in [0.2, 0.25) is 0 Å². The largest absolute Gasteiger partial charge is 0.461 e. The molecule has 0 aromatic carbocycles. The van der Waals surface area contributed by atoms with Gasteiger partial charge in [0.1, 0.15) is 6.61 Å². The van der Waals surface area contributed by atoms with Gasteiger partial charge in [-0.2, -0.15) is 0 Å². The number of carbonyl (C=O) groups excluding carboxylic acids is 1. The van der Waals surface area contributed by atoms with Crippen molar-refractivity contribution < 1.29 is 9.53 Å². The average molecular weight is 390 g/mol. The Hall–Kier alpha value is -1.38. The van der Waals surface area contributed by atoms with Crippen molar-refractivity contribution in [1.82, 2.24) is 4.98 Å². The highest BCUT2D eigenvalue weighted by atomic mass is 16.5. The van der Waals surface area contributed by atoms with Crippen molar-refractivity contribution >= 4 is 5.97 Å². The standard InChI is InChI=1S/C25H43NO2/c1-23(2)17-14-12-10-8-6-4-3-5-7-9-11-13-15-19-25(27)28-22-24-18-16-20-26-21-24/h16,18,20-21,23H,3-15,17,19,22H2,1-2H3. The molecule has 0 saturated carbocycles. The van der Waals surface area contributed by atoms with Crippen molar-refractivity contribution in [2.24, 2.45) is 5.92 Å². The van der Waals surface area contributed by atoms with Crippen LogP contribution in [-0.2, 0) is 16.1 Å². The Morgan fingerprint density at radius 2 is 1.39 bits per heavy atom. The second kappa shape index (κ2) is 17.7. The number of esters is 1. The number of unbranched alkanes of at least 4 members (excludes halogenated alkanes) is 12. The first kappa shape index (κ1) is 24.7. The summed E-state index contributed by atoms with van der Waals surface area (Å²) >= 11 is 0. The molecule has 0 aliphatic carbocycles. The molecular formula is C25H43NO2. The summed E-state index contributed by atoms with van der Waals surface area (Å²) in [6.45, 7) is 4.98. The van der Waals surface area contributed by atoms with Crippen molar-refractivity contribution in [3.8, 4) is 0 Å². The van der Waals surface area contributed by atoms with E-state index in [-0.39, 0.29) is 5.97 Å². The fraction of sp³-hybridized carbons (Fsp3) is 0.760. The summed E-state index contributed by atoms with van der Waals surface area (Å²) in [6, 6.07) is 3.78. The Kier molecular flexibility index (Phi) is 15.6. The van der Waals surface area contributed by atoms with E-state index in [4.69, 9.17) is 4.74 Å². The second-order valence-corrected chi connectivity index (χ2v) is 8.55. The first-order chi connectivity index (χ1) is 13.7. The smallest absolute Gasteiger partial charge is 0.306 e. The molecule has 0 radical (unpaired) electrons. The van der Waals surface area contributed by atoms with Crippen LogP contribution in [0.1, 0.15) is 116 Å². The first-order valence-corrected chi connectivity index (χ1v) is 11.7. The minimum atomic E-state index is -0.0898. The van der Waals surface area contributed by atoms with Gasteiger partial charge in [-0.05, 0) is 18.4 Å². The molecule has 3 heteroatoms. The van der Waals surface area contributed by atoms with Crippen LogP contribution >= 0.6 is 0 Å². The molecule has 0 amide bonds. The molecule has 0 atom stereocenters. The van der Waals surface area contributed by atoms with E-state index in [0.717, 1.165) is 24.3 Å². The van der Waals surface area contributed by atoms with E-state index in [1.165, 1.54) is 77.0 Å². The lowest BCUT2D eigenvalue weighted by Crippen LogP contribution is -2.04. The van der Waals surface area contributed by atoms with Gasteiger partial charge in [0.15, 0.2) is 0 Å². The van der Waals surface area contributed by atoms with Gasteiger partial charge in [0.05, 0.1) is 0 Å². The Bertz CT molecular complexity index is 473. The molecular weight excluding hydrogens is 346 g/mol. The normalized spacial score (nSPS) is 11.1. The molecule has 0 spiro atoms. The lowest BCUT2D eigenvalue weighted by molar-refractivity contribution is -0.145. The predicted octanol–water partition coefficient (Wildman–Crippen LogP) is 7.63. The minimum Gasteiger partial charge on any atom is -0.461 e. The van der Waals surface area contributed by atoms with Gasteiger partial charge in [-0.3, -0.25) is 9.78 Å². The fourth-order valence-corrected chi connectivity index (χ4v) is 3.49. The molecule has 0 unspecified atom stereocenters. The zero-order valence-corrected chi connectivity index (χ0v) is 18.5. The van der Waals surface area contributed by atoms with Gasteiger partial charge in [0, 0.05) is 24.4 Å². The van der Waals surface area contributed by atoms with Crippen LogP contribution in [0.2, 0.25) is 0 Å². The molecule has 0 N–H and O–H groups in total. The van der Waals surface area contributed by atoms with Crippen molar-refractivity contribution in [3.63, 3.8) is 0 Å². The molecule has 1 aromatic heterocycles. The zero-order valence-electron chi connectivity index (χ0n) is 18.5. The number of hydrogen-bond donors (Lipinski definition) is 0. The topological polar surface area (TPSA) is 39.2 Å². The average Bonchev–Trinajstić information content (AvgIpc) is 2.70. The molecule has 0 bridgehead atoms. The van der Waals surface area contributed by atoms with Crippen molar-refractivity contribution in [2.45, 2.75) is 117 Å². The zero-order chi connectivity index (χ0) is 20.3. The van der Waals surface area contributed by atoms with Crippen molar-refractivity contribution in [2.75, 3.05) is 0 Å². The van der Waals surface area contributed by atoms with Crippen molar-refractivity contribution in [1.29, 1.82) is 0 Å². The summed E-state index contributed by atoms with van der Waals surface area (Å²) in [5.41, 5.74) is 0.946. The number of aromatic nitrogens is 1. The lowest BCUT2D eigenvalue weighted by Gasteiger charge is -2.05. The molecule has 0 aliphatic heterocycles. The second-order valence-electron chi connectivity index (χ2n) is 8.55. The van der Waals surface area contributed by atoms with E-state index in [0.29, 0.717) is 13.0 Å². The van der Waals surface area contributed by atoms with Gasteiger partial charge in [-0.15, -0.1) is 0 Å². The first-order valence-electron chi connectivity index (χ1n) is 11.7. The third-order valence-corrected chi connectivity index (χ3v) is 5.28. The number of ether oxygens (including phenoxy) is 1. The molecule has 1 heterocycles. The summed E-state index contributed by atoms with van der Waals surface area (Å²) < 4.78 is 5.27. The summed E-state index contributed by atoms with van der Waals surface area (Å²) in [4.78, 5) is 15.7. The SMILES string of the molecule is CC(C)CCCCCCCCCCCCCCCC(=O)OCc1cccnc1. The maximum absolute atomic E-state index is 11.7. The van der Waals surface area contributed by atoms with Crippen LogP contribution in [0.3, 0.4) is 0 Å². The van der Waals surface area contributed by atoms with Crippen LogP contribution in [0.15, 0.2) is 24.5 Å². The molecule has 3 nitrogen and oxygen atoms in total. The van der Waals surface area contributed by atoms with E-state index in [1.807, 2.05) is 12.1 Å². The highest BCUT2D eigenvalue weighted by molar-refractivity contribution is 5.69. The van der Waals surface area contributed by atoms with Gasteiger partial charge in [-0.25, -0.2) is 0 Å². The predicted molar refractivity (Wildman–Crippen MR) is 118 cm³/mol. The number of rotatable bonds is 18. The summed E-state index contributed by atoms with van der Waals surface area (Å²) in [5, 5.41) is 0. The van der Waals surface area contributed by atoms with E-state index >= 15 is 0 Å². The van der Waals surface area contributed by atoms with Crippen LogP contribution in [0.25, 0.3) is 0 Å². The number of pyridine rings is 1. The molecule has 28 heavy (non-hydrogen) atoms. The maximum Gasteiger partial charge on any atom is 0.306 e. The number of carbonyl (C=O) groups is 1. The van der Waals surface area contributed by atoms with E-state index in [1.54, 1.807) is 12.4 Å². The van der Waals surface area contributed by atoms with Crippen LogP contribution in [-0.4, -0.2) is 11.0 Å². The maximum atomic E-state index is 11.7. The lowest BCUT2D eigenvalue weighted by atomic mass is 10.0. The van der Waals surface area contributed by atoms with Crippen molar-refractivity contribution in [3.05, 3.63) is 30.1 Å². The highest BCUT2D eigenvalue weighted by Gasteiger charge is 2.03. The number of hydrogen-bond acceptors (Lipinski definition) is 3.